The summed E-state index contributed by atoms with van der Waals surface area (Å²) in [6, 6.07) is 10.2. The maximum atomic E-state index is 12.2. The number of carbonyl (C=O) groups is 1. The second kappa shape index (κ2) is 9.38. The van der Waals surface area contributed by atoms with Gasteiger partial charge in [0, 0.05) is 22.8 Å². The molecule has 0 aliphatic heterocycles. The highest BCUT2D eigenvalue weighted by molar-refractivity contribution is 9.10. The SMILES string of the molecule is CCOc1ccc(/C=C/C(=O)OCc2cc(=O)n3cc(Br)ccc3n2)cc1OC. The molecule has 0 amide bonds. The molecule has 0 fully saturated rings. The van der Waals surface area contributed by atoms with Gasteiger partial charge in [-0.2, -0.15) is 0 Å². The van der Waals surface area contributed by atoms with E-state index in [0.29, 0.717) is 29.4 Å². The second-order valence-corrected chi connectivity index (χ2v) is 6.86. The Balaban J connectivity index is 1.66. The standard InChI is InChI=1S/C21H19BrN2O5/c1-3-28-17-7-4-14(10-18(17)27-2)5-9-21(26)29-13-16-11-20(25)24-12-15(22)6-8-19(24)23-16/h4-12H,3,13H2,1-2H3/b9-5+. The highest BCUT2D eigenvalue weighted by atomic mass is 79.9. The predicted molar refractivity (Wildman–Crippen MR) is 112 cm³/mol. The lowest BCUT2D eigenvalue weighted by Gasteiger charge is -2.09. The van der Waals surface area contributed by atoms with Crippen molar-refractivity contribution in [1.29, 1.82) is 0 Å². The van der Waals surface area contributed by atoms with Gasteiger partial charge in [0.1, 0.15) is 12.3 Å². The third-order valence-corrected chi connectivity index (χ3v) is 4.41. The maximum absolute atomic E-state index is 12.2. The fourth-order valence-electron chi connectivity index (χ4n) is 2.62. The minimum Gasteiger partial charge on any atom is -0.493 e. The monoisotopic (exact) mass is 458 g/mol. The Labute approximate surface area is 175 Å². The molecular weight excluding hydrogens is 440 g/mol. The van der Waals surface area contributed by atoms with Crippen molar-refractivity contribution in [2.24, 2.45) is 0 Å². The minimum absolute atomic E-state index is 0.0996. The summed E-state index contributed by atoms with van der Waals surface area (Å²) in [7, 11) is 1.55. The van der Waals surface area contributed by atoms with Gasteiger partial charge < -0.3 is 14.2 Å². The third-order valence-electron chi connectivity index (χ3n) is 3.94. The van der Waals surface area contributed by atoms with E-state index in [9.17, 15) is 9.59 Å². The predicted octanol–water partition coefficient (Wildman–Crippen LogP) is 3.62. The van der Waals surface area contributed by atoms with Crippen LogP contribution in [-0.4, -0.2) is 29.1 Å². The van der Waals surface area contributed by atoms with E-state index >= 15 is 0 Å². The van der Waals surface area contributed by atoms with Crippen LogP contribution >= 0.6 is 15.9 Å². The van der Waals surface area contributed by atoms with Crippen LogP contribution in [0.2, 0.25) is 0 Å². The van der Waals surface area contributed by atoms with Crippen molar-refractivity contribution in [3.05, 3.63) is 74.8 Å². The molecule has 0 bridgehead atoms. The molecule has 0 radical (unpaired) electrons. The average molecular weight is 459 g/mol. The molecule has 0 aliphatic rings. The normalized spacial score (nSPS) is 11.0. The van der Waals surface area contributed by atoms with Gasteiger partial charge in [-0.15, -0.1) is 0 Å². The zero-order chi connectivity index (χ0) is 20.8. The molecule has 3 aromatic rings. The number of hydrogen-bond donors (Lipinski definition) is 0. The zero-order valence-electron chi connectivity index (χ0n) is 15.9. The highest BCUT2D eigenvalue weighted by Crippen LogP contribution is 2.28. The summed E-state index contributed by atoms with van der Waals surface area (Å²) in [5.74, 6) is 0.668. The van der Waals surface area contributed by atoms with Crippen LogP contribution in [0.5, 0.6) is 11.5 Å². The number of nitrogens with zero attached hydrogens (tertiary/aromatic N) is 2. The largest absolute Gasteiger partial charge is 0.493 e. The highest BCUT2D eigenvalue weighted by Gasteiger charge is 2.07. The molecule has 0 aliphatic carbocycles. The number of rotatable bonds is 7. The number of hydrogen-bond acceptors (Lipinski definition) is 6. The summed E-state index contributed by atoms with van der Waals surface area (Å²) in [6.07, 6.45) is 4.55. The minimum atomic E-state index is -0.546. The number of carbonyl (C=O) groups excluding carboxylic acids is 1. The van der Waals surface area contributed by atoms with Crippen molar-refractivity contribution >= 4 is 33.6 Å². The van der Waals surface area contributed by atoms with E-state index < -0.39 is 5.97 Å². The lowest BCUT2D eigenvalue weighted by atomic mass is 10.2. The molecule has 150 valence electrons. The van der Waals surface area contributed by atoms with Gasteiger partial charge in [0.15, 0.2) is 11.5 Å². The molecule has 0 N–H and O–H groups in total. The van der Waals surface area contributed by atoms with Crippen molar-refractivity contribution in [2.45, 2.75) is 13.5 Å². The molecule has 29 heavy (non-hydrogen) atoms. The van der Waals surface area contributed by atoms with E-state index in [-0.39, 0.29) is 12.2 Å². The van der Waals surface area contributed by atoms with Crippen LogP contribution in [0.15, 0.2) is 57.9 Å². The summed E-state index contributed by atoms with van der Waals surface area (Å²) < 4.78 is 18.1. The van der Waals surface area contributed by atoms with Gasteiger partial charge in [-0.25, -0.2) is 9.78 Å². The molecule has 2 heterocycles. The van der Waals surface area contributed by atoms with Gasteiger partial charge in [0.2, 0.25) is 0 Å². The number of halogens is 1. The van der Waals surface area contributed by atoms with Crippen molar-refractivity contribution in [3.8, 4) is 11.5 Å². The first-order chi connectivity index (χ1) is 14.0. The van der Waals surface area contributed by atoms with Crippen LogP contribution in [0.1, 0.15) is 18.2 Å². The van der Waals surface area contributed by atoms with E-state index in [1.807, 2.05) is 6.92 Å². The van der Waals surface area contributed by atoms with E-state index in [2.05, 4.69) is 20.9 Å². The van der Waals surface area contributed by atoms with Gasteiger partial charge in [0.25, 0.3) is 5.56 Å². The zero-order valence-corrected chi connectivity index (χ0v) is 17.5. The number of fused-ring (bicyclic) bond motifs is 1. The topological polar surface area (TPSA) is 79.1 Å². The molecule has 7 nitrogen and oxygen atoms in total. The molecule has 8 heteroatoms. The van der Waals surface area contributed by atoms with E-state index in [1.54, 1.807) is 49.7 Å². The van der Waals surface area contributed by atoms with Crippen molar-refractivity contribution < 1.29 is 19.0 Å². The van der Waals surface area contributed by atoms with E-state index in [1.165, 1.54) is 16.5 Å². The smallest absolute Gasteiger partial charge is 0.331 e. The second-order valence-electron chi connectivity index (χ2n) is 5.95. The molecule has 2 aromatic heterocycles. The lowest BCUT2D eigenvalue weighted by Crippen LogP contribution is -2.16. The Kier molecular flexibility index (Phi) is 6.66. The fraction of sp³-hybridized carbons (Fsp3) is 0.190. The summed E-state index contributed by atoms with van der Waals surface area (Å²) in [5.41, 5.74) is 1.36. The van der Waals surface area contributed by atoms with Crippen LogP contribution in [-0.2, 0) is 16.1 Å². The molecule has 3 rings (SSSR count). The van der Waals surface area contributed by atoms with Gasteiger partial charge >= 0.3 is 5.97 Å². The summed E-state index contributed by atoms with van der Waals surface area (Å²) >= 11 is 3.31. The molecule has 0 saturated carbocycles. The van der Waals surface area contributed by atoms with E-state index in [4.69, 9.17) is 14.2 Å². The summed E-state index contributed by atoms with van der Waals surface area (Å²) in [4.78, 5) is 28.5. The number of methoxy groups -OCH3 is 1. The average Bonchev–Trinajstić information content (AvgIpc) is 2.72. The number of esters is 1. The first-order valence-electron chi connectivity index (χ1n) is 8.83. The molecular formula is C21H19BrN2O5. The van der Waals surface area contributed by atoms with Crippen molar-refractivity contribution in [2.75, 3.05) is 13.7 Å². The third kappa shape index (κ3) is 5.23. The van der Waals surface area contributed by atoms with E-state index in [0.717, 1.165) is 10.0 Å². The molecule has 0 unspecified atom stereocenters. The Morgan fingerprint density at radius 1 is 1.21 bits per heavy atom. The van der Waals surface area contributed by atoms with Crippen LogP contribution in [0.3, 0.4) is 0 Å². The Morgan fingerprint density at radius 2 is 2.03 bits per heavy atom. The van der Waals surface area contributed by atoms with Crippen LogP contribution < -0.4 is 15.0 Å². The Hall–Kier alpha value is -3.13. The molecule has 0 saturated heterocycles. The summed E-state index contributed by atoms with van der Waals surface area (Å²) in [5, 5.41) is 0. The lowest BCUT2D eigenvalue weighted by molar-refractivity contribution is -0.139. The number of ether oxygens (including phenoxy) is 3. The maximum Gasteiger partial charge on any atom is 0.331 e. The molecule has 1 aromatic carbocycles. The first kappa shape index (κ1) is 20.6. The molecule has 0 spiro atoms. The van der Waals surface area contributed by atoms with Gasteiger partial charge in [-0.05, 0) is 58.8 Å². The van der Waals surface area contributed by atoms with Gasteiger partial charge in [-0.1, -0.05) is 6.07 Å². The quantitative estimate of drug-likeness (QED) is 0.397. The summed E-state index contributed by atoms with van der Waals surface area (Å²) in [6.45, 7) is 2.32. The van der Waals surface area contributed by atoms with Crippen molar-refractivity contribution in [3.63, 3.8) is 0 Å². The fourth-order valence-corrected chi connectivity index (χ4v) is 2.96. The Bertz CT molecular complexity index is 1120. The van der Waals surface area contributed by atoms with Gasteiger partial charge in [-0.3, -0.25) is 9.20 Å². The van der Waals surface area contributed by atoms with Crippen molar-refractivity contribution in [1.82, 2.24) is 9.38 Å². The van der Waals surface area contributed by atoms with Crippen LogP contribution in [0, 0.1) is 0 Å². The Morgan fingerprint density at radius 3 is 2.79 bits per heavy atom. The first-order valence-corrected chi connectivity index (χ1v) is 9.63. The number of benzene rings is 1. The number of pyridine rings is 1. The number of aromatic nitrogens is 2. The van der Waals surface area contributed by atoms with Crippen LogP contribution in [0.4, 0.5) is 0 Å². The van der Waals surface area contributed by atoms with Crippen LogP contribution in [0.25, 0.3) is 11.7 Å². The van der Waals surface area contributed by atoms with Gasteiger partial charge in [0.05, 0.1) is 19.4 Å². The molecule has 0 atom stereocenters.